The molecule has 0 saturated carbocycles. The first kappa shape index (κ1) is 9.74. The second-order valence-electron chi connectivity index (χ2n) is 2.83. The zero-order chi connectivity index (χ0) is 7.82. The molecule has 0 aromatic carbocycles. The van der Waals surface area contributed by atoms with E-state index < -0.39 is 0 Å². The molecule has 1 unspecified atom stereocenters. The second kappa shape index (κ2) is 6.85. The Hall–Kier alpha value is -0.260. The third-order valence-electron chi connectivity index (χ3n) is 1.87. The second-order valence-corrected chi connectivity index (χ2v) is 2.83. The van der Waals surface area contributed by atoms with Gasteiger partial charge in [0, 0.05) is 0 Å². The van der Waals surface area contributed by atoms with Crippen LogP contribution in [0.5, 0.6) is 0 Å². The lowest BCUT2D eigenvalue weighted by Crippen LogP contribution is -1.98. The molecule has 0 aliphatic heterocycles. The van der Waals surface area contributed by atoms with Gasteiger partial charge in [-0.15, -0.1) is 0 Å². The van der Waals surface area contributed by atoms with Gasteiger partial charge < -0.3 is 0 Å². The molecule has 0 heteroatoms. The van der Waals surface area contributed by atoms with E-state index in [-0.39, 0.29) is 0 Å². The molecule has 10 heavy (non-hydrogen) atoms. The van der Waals surface area contributed by atoms with Crippen LogP contribution in [0.1, 0.15) is 46.5 Å². The molecule has 1 rings (SSSR count). The molecule has 0 N–H and O–H groups in total. The van der Waals surface area contributed by atoms with Crippen LogP contribution in [0.2, 0.25) is 0 Å². The fraction of sp³-hybridized carbons (Fsp3) is 0.800. The van der Waals surface area contributed by atoms with E-state index in [0.717, 1.165) is 5.92 Å². The van der Waals surface area contributed by atoms with Gasteiger partial charge in [-0.1, -0.05) is 45.8 Å². The van der Waals surface area contributed by atoms with Crippen molar-refractivity contribution in [3.63, 3.8) is 0 Å². The van der Waals surface area contributed by atoms with Crippen LogP contribution in [0.15, 0.2) is 12.2 Å². The molecule has 1 aliphatic carbocycles. The van der Waals surface area contributed by atoms with Gasteiger partial charge in [0.2, 0.25) is 0 Å². The molecule has 0 spiro atoms. The van der Waals surface area contributed by atoms with Gasteiger partial charge in [-0.25, -0.2) is 0 Å². The van der Waals surface area contributed by atoms with E-state index in [1.807, 2.05) is 0 Å². The molecular formula is C10H20. The van der Waals surface area contributed by atoms with Gasteiger partial charge in [-0.3, -0.25) is 0 Å². The Kier molecular flexibility index (Phi) is 6.68. The fourth-order valence-corrected chi connectivity index (χ4v) is 0.631. The molecule has 0 aromatic rings. The maximum atomic E-state index is 2.28. The minimum atomic E-state index is 0.935. The molecule has 0 heterocycles. The summed E-state index contributed by atoms with van der Waals surface area (Å²) in [7, 11) is 0. The quantitative estimate of drug-likeness (QED) is 0.512. The first-order valence-electron chi connectivity index (χ1n) is 4.51. The molecule has 0 saturated heterocycles. The number of rotatable bonds is 2. The number of allylic oxidation sites excluding steroid dienone is 2. The van der Waals surface area contributed by atoms with E-state index in [1.165, 1.54) is 25.7 Å². The Morgan fingerprint density at radius 2 is 1.70 bits per heavy atom. The van der Waals surface area contributed by atoms with Crippen molar-refractivity contribution in [2.75, 3.05) is 0 Å². The first-order chi connectivity index (χ1) is 4.85. The lowest BCUT2D eigenvalue weighted by molar-refractivity contribution is 0.590. The van der Waals surface area contributed by atoms with Crippen molar-refractivity contribution in [2.24, 2.45) is 5.92 Å². The van der Waals surface area contributed by atoms with Crippen molar-refractivity contribution in [1.82, 2.24) is 0 Å². The maximum Gasteiger partial charge on any atom is -0.0202 e. The van der Waals surface area contributed by atoms with Crippen LogP contribution in [0.4, 0.5) is 0 Å². The normalized spacial score (nSPS) is 20.9. The molecule has 0 fully saturated rings. The van der Waals surface area contributed by atoms with Crippen molar-refractivity contribution in [3.8, 4) is 0 Å². The highest BCUT2D eigenvalue weighted by molar-refractivity contribution is 5.00. The third-order valence-corrected chi connectivity index (χ3v) is 1.87. The lowest BCUT2D eigenvalue weighted by Gasteiger charge is -2.13. The van der Waals surface area contributed by atoms with Gasteiger partial charge in [0.15, 0.2) is 0 Å². The molecule has 0 amide bonds. The van der Waals surface area contributed by atoms with Crippen LogP contribution >= 0.6 is 0 Å². The molecule has 1 atom stereocenters. The summed E-state index contributed by atoms with van der Waals surface area (Å²) < 4.78 is 0. The van der Waals surface area contributed by atoms with Crippen molar-refractivity contribution in [1.29, 1.82) is 0 Å². The Bertz CT molecular complexity index is 80.0. The molecule has 0 bridgehead atoms. The first-order valence-corrected chi connectivity index (χ1v) is 4.51. The summed E-state index contributed by atoms with van der Waals surface area (Å²) in [5.41, 5.74) is 0. The van der Waals surface area contributed by atoms with E-state index in [1.54, 1.807) is 0 Å². The molecular weight excluding hydrogens is 120 g/mol. The monoisotopic (exact) mass is 140 g/mol. The summed E-state index contributed by atoms with van der Waals surface area (Å²) >= 11 is 0. The van der Waals surface area contributed by atoms with E-state index >= 15 is 0 Å². The topological polar surface area (TPSA) is 0 Å². The van der Waals surface area contributed by atoms with Gasteiger partial charge in [-0.2, -0.15) is 0 Å². The molecule has 0 aromatic heterocycles. The van der Waals surface area contributed by atoms with Gasteiger partial charge in [0.25, 0.3) is 0 Å². The standard InChI is InChI=1S/C6H10.C4H10/c1-2-6-4-3-5-6;1-3-4-2/h3-4,6H,2,5H2,1H3;3-4H2,1-2H3. The zero-order valence-electron chi connectivity index (χ0n) is 7.56. The van der Waals surface area contributed by atoms with Gasteiger partial charge >= 0.3 is 0 Å². The lowest BCUT2D eigenvalue weighted by atomic mass is 9.93. The molecule has 0 radical (unpaired) electrons. The summed E-state index contributed by atoms with van der Waals surface area (Å²) in [5.74, 6) is 0.935. The Morgan fingerprint density at radius 3 is 1.70 bits per heavy atom. The average molecular weight is 140 g/mol. The Morgan fingerprint density at radius 1 is 1.20 bits per heavy atom. The van der Waals surface area contributed by atoms with E-state index in [2.05, 4.69) is 32.9 Å². The maximum absolute atomic E-state index is 2.28. The van der Waals surface area contributed by atoms with E-state index in [9.17, 15) is 0 Å². The summed E-state index contributed by atoms with van der Waals surface area (Å²) in [6.45, 7) is 6.59. The summed E-state index contributed by atoms with van der Waals surface area (Å²) in [5, 5.41) is 0. The van der Waals surface area contributed by atoms with Gasteiger partial charge in [0.05, 0.1) is 0 Å². The predicted molar refractivity (Wildman–Crippen MR) is 48.1 cm³/mol. The highest BCUT2D eigenvalue weighted by atomic mass is 14.1. The summed E-state index contributed by atoms with van der Waals surface area (Å²) in [6, 6.07) is 0. The van der Waals surface area contributed by atoms with Crippen molar-refractivity contribution >= 4 is 0 Å². The highest BCUT2D eigenvalue weighted by Gasteiger charge is 2.04. The van der Waals surface area contributed by atoms with Crippen molar-refractivity contribution in [2.45, 2.75) is 46.5 Å². The summed E-state index contributed by atoms with van der Waals surface area (Å²) in [6.07, 6.45) is 9.81. The molecule has 60 valence electrons. The largest absolute Gasteiger partial charge is 0.0877 e. The van der Waals surface area contributed by atoms with E-state index in [4.69, 9.17) is 0 Å². The van der Waals surface area contributed by atoms with Gasteiger partial charge in [0.1, 0.15) is 0 Å². The fourth-order valence-electron chi connectivity index (χ4n) is 0.631. The summed E-state index contributed by atoms with van der Waals surface area (Å²) in [4.78, 5) is 0. The third kappa shape index (κ3) is 4.60. The smallest absolute Gasteiger partial charge is 0.0202 e. The Labute approximate surface area is 65.3 Å². The van der Waals surface area contributed by atoms with Crippen LogP contribution in [0.25, 0.3) is 0 Å². The highest BCUT2D eigenvalue weighted by Crippen LogP contribution is 2.18. The number of hydrogen-bond acceptors (Lipinski definition) is 0. The predicted octanol–water partition coefficient (Wildman–Crippen LogP) is 3.78. The number of unbranched alkanes of at least 4 members (excludes halogenated alkanes) is 1. The minimum Gasteiger partial charge on any atom is -0.0877 e. The SMILES string of the molecule is CCC1C=CC1.CCCC. The molecule has 1 aliphatic rings. The van der Waals surface area contributed by atoms with Gasteiger partial charge in [-0.05, 0) is 18.8 Å². The minimum absolute atomic E-state index is 0.935. The van der Waals surface area contributed by atoms with Crippen LogP contribution in [0.3, 0.4) is 0 Å². The average Bonchev–Trinajstić information content (AvgIpc) is 1.87. The van der Waals surface area contributed by atoms with Crippen LogP contribution in [-0.4, -0.2) is 0 Å². The van der Waals surface area contributed by atoms with E-state index in [0.29, 0.717) is 0 Å². The van der Waals surface area contributed by atoms with Crippen LogP contribution in [-0.2, 0) is 0 Å². The number of hydrogen-bond donors (Lipinski definition) is 0. The van der Waals surface area contributed by atoms with Crippen LogP contribution < -0.4 is 0 Å². The van der Waals surface area contributed by atoms with Crippen molar-refractivity contribution < 1.29 is 0 Å². The van der Waals surface area contributed by atoms with Crippen molar-refractivity contribution in [3.05, 3.63) is 12.2 Å². The van der Waals surface area contributed by atoms with Crippen LogP contribution in [0, 0.1) is 5.92 Å². The molecule has 0 nitrogen and oxygen atoms in total. The Balaban J connectivity index is 0.000000180. The zero-order valence-corrected chi connectivity index (χ0v) is 7.56.